The van der Waals surface area contributed by atoms with Gasteiger partial charge in [-0.1, -0.05) is 36.4 Å². The van der Waals surface area contributed by atoms with E-state index in [1.54, 1.807) is 6.20 Å². The monoisotopic (exact) mass is 358 g/mol. The Morgan fingerprint density at radius 1 is 1.12 bits per heavy atom. The quantitative estimate of drug-likeness (QED) is 0.859. The fraction of sp³-hybridized carbons (Fsp3) is 0.421. The first kappa shape index (κ1) is 17.4. The maximum Gasteiger partial charge on any atom is 0.184 e. The van der Waals surface area contributed by atoms with E-state index in [0.29, 0.717) is 12.1 Å². The molecule has 6 atom stereocenters. The molecule has 1 aromatic heterocycles. The van der Waals surface area contributed by atoms with E-state index < -0.39 is 36.9 Å². The largest absolute Gasteiger partial charge is 0.388 e. The summed E-state index contributed by atoms with van der Waals surface area (Å²) in [4.78, 5) is 7.60. The average Bonchev–Trinajstić information content (AvgIpc) is 2.71. The van der Waals surface area contributed by atoms with Gasteiger partial charge in [-0.2, -0.15) is 0 Å². The first-order chi connectivity index (χ1) is 12.8. The molecule has 1 unspecified atom stereocenters. The van der Waals surface area contributed by atoms with E-state index >= 15 is 0 Å². The van der Waals surface area contributed by atoms with Crippen LogP contribution in [0.3, 0.4) is 0 Å². The highest BCUT2D eigenvalue weighted by molar-refractivity contribution is 5.16. The first-order valence-electron chi connectivity index (χ1n) is 8.62. The van der Waals surface area contributed by atoms with Gasteiger partial charge in [0.05, 0.1) is 6.61 Å². The lowest BCUT2D eigenvalue weighted by Crippen LogP contribution is -2.61. The van der Waals surface area contributed by atoms with Crippen molar-refractivity contribution in [3.05, 3.63) is 65.8 Å². The Labute approximate surface area is 151 Å². The number of rotatable bonds is 3. The predicted molar refractivity (Wildman–Crippen MR) is 91.8 cm³/mol. The van der Waals surface area contributed by atoms with Crippen LogP contribution in [0.5, 0.6) is 0 Å². The molecule has 2 fully saturated rings. The van der Waals surface area contributed by atoms with E-state index in [9.17, 15) is 5.11 Å². The van der Waals surface area contributed by atoms with E-state index in [4.69, 9.17) is 18.9 Å². The molecule has 3 heterocycles. The van der Waals surface area contributed by atoms with E-state index in [1.165, 1.54) is 7.11 Å². The fourth-order valence-corrected chi connectivity index (χ4v) is 3.31. The molecule has 1 aromatic carbocycles. The minimum Gasteiger partial charge on any atom is -0.388 e. The highest BCUT2D eigenvalue weighted by Gasteiger charge is 2.49. The summed E-state index contributed by atoms with van der Waals surface area (Å²) >= 11 is 0. The zero-order chi connectivity index (χ0) is 17.9. The molecule has 138 valence electrons. The summed E-state index contributed by atoms with van der Waals surface area (Å²) in [6.07, 6.45) is -1.31. The smallest absolute Gasteiger partial charge is 0.184 e. The zero-order valence-electron chi connectivity index (χ0n) is 14.4. The van der Waals surface area contributed by atoms with Crippen LogP contribution in [0.4, 0.5) is 0 Å². The summed E-state index contributed by atoms with van der Waals surface area (Å²) in [7, 11) is 1.53. The number of hydrogen-bond acceptors (Lipinski definition) is 6. The van der Waals surface area contributed by atoms with Crippen molar-refractivity contribution in [1.29, 1.82) is 0 Å². The SMILES string of the molecule is CO[C@H]1O[C@@H]2COC(c3ccccc3)O[C@H]2[C@@H](O)[C@@H]1N=c1cccc[nH]1. The van der Waals surface area contributed by atoms with E-state index in [2.05, 4.69) is 9.98 Å². The Kier molecular flexibility index (Phi) is 5.14. The number of nitrogens with one attached hydrogen (secondary N) is 1. The van der Waals surface area contributed by atoms with Crippen LogP contribution in [0.2, 0.25) is 0 Å². The number of aromatic nitrogens is 1. The second-order valence-corrected chi connectivity index (χ2v) is 6.31. The summed E-state index contributed by atoms with van der Waals surface area (Å²) in [5.74, 6) is 0. The summed E-state index contributed by atoms with van der Waals surface area (Å²) in [5, 5.41) is 10.9. The number of aliphatic hydroxyl groups is 1. The summed E-state index contributed by atoms with van der Waals surface area (Å²) in [5.41, 5.74) is 1.53. The average molecular weight is 358 g/mol. The van der Waals surface area contributed by atoms with Gasteiger partial charge in [0.1, 0.15) is 29.8 Å². The number of pyridine rings is 1. The second-order valence-electron chi connectivity index (χ2n) is 6.31. The van der Waals surface area contributed by atoms with Crippen LogP contribution in [0.25, 0.3) is 0 Å². The third-order valence-corrected chi connectivity index (χ3v) is 4.62. The van der Waals surface area contributed by atoms with Crippen LogP contribution in [-0.2, 0) is 18.9 Å². The number of H-pyrrole nitrogens is 1. The van der Waals surface area contributed by atoms with Crippen molar-refractivity contribution in [1.82, 2.24) is 4.98 Å². The molecule has 0 bridgehead atoms. The molecular formula is C19H22N2O5. The second kappa shape index (κ2) is 7.69. The minimum absolute atomic E-state index is 0.311. The van der Waals surface area contributed by atoms with Crippen LogP contribution < -0.4 is 5.49 Å². The molecule has 2 saturated heterocycles. The van der Waals surface area contributed by atoms with Gasteiger partial charge in [0.25, 0.3) is 0 Å². The van der Waals surface area contributed by atoms with Gasteiger partial charge >= 0.3 is 0 Å². The highest BCUT2D eigenvalue weighted by Crippen LogP contribution is 2.34. The lowest BCUT2D eigenvalue weighted by Gasteiger charge is -2.46. The van der Waals surface area contributed by atoms with Gasteiger partial charge in [-0.05, 0) is 12.1 Å². The number of aliphatic hydroxyl groups excluding tert-OH is 1. The van der Waals surface area contributed by atoms with Gasteiger partial charge in [-0.3, -0.25) is 4.99 Å². The van der Waals surface area contributed by atoms with Crippen molar-refractivity contribution in [3.8, 4) is 0 Å². The standard InChI is InChI=1S/C19H22N2O5/c1-23-19-15(21-14-9-5-6-10-20-14)16(22)17-13(25-19)11-24-18(26-17)12-7-3-2-4-8-12/h2-10,13,15-19,22H,11H2,1H3,(H,20,21)/t13-,15+,16+,17-,18?,19+/m1/s1. The number of hydrogen-bond donors (Lipinski definition) is 2. The Morgan fingerprint density at radius 2 is 1.92 bits per heavy atom. The van der Waals surface area contributed by atoms with Crippen LogP contribution in [0.1, 0.15) is 11.9 Å². The van der Waals surface area contributed by atoms with Gasteiger partial charge in [0.2, 0.25) is 0 Å². The number of methoxy groups -OCH3 is 1. The van der Waals surface area contributed by atoms with Crippen molar-refractivity contribution in [3.63, 3.8) is 0 Å². The molecule has 2 aromatic rings. The Morgan fingerprint density at radius 3 is 2.65 bits per heavy atom. The van der Waals surface area contributed by atoms with Crippen LogP contribution in [-0.4, -0.2) is 54.5 Å². The minimum atomic E-state index is -0.887. The molecule has 0 spiro atoms. The predicted octanol–water partition coefficient (Wildman–Crippen LogP) is 1.13. The maximum atomic E-state index is 10.9. The Balaban J connectivity index is 1.58. The first-order valence-corrected chi connectivity index (χ1v) is 8.62. The summed E-state index contributed by atoms with van der Waals surface area (Å²) in [6.45, 7) is 0.311. The van der Waals surface area contributed by atoms with Gasteiger partial charge < -0.3 is 29.0 Å². The van der Waals surface area contributed by atoms with E-state index in [-0.39, 0.29) is 0 Å². The van der Waals surface area contributed by atoms with E-state index in [1.807, 2.05) is 48.5 Å². The summed E-state index contributed by atoms with van der Waals surface area (Å²) in [6, 6.07) is 14.6. The lowest BCUT2D eigenvalue weighted by molar-refractivity contribution is -0.339. The Hall–Kier alpha value is -2.03. The maximum absolute atomic E-state index is 10.9. The van der Waals surface area contributed by atoms with Gasteiger partial charge in [0.15, 0.2) is 12.6 Å². The molecule has 26 heavy (non-hydrogen) atoms. The zero-order valence-corrected chi connectivity index (χ0v) is 14.4. The van der Waals surface area contributed by atoms with Crippen molar-refractivity contribution in [2.75, 3.05) is 13.7 Å². The molecule has 0 radical (unpaired) electrons. The molecule has 2 aliphatic heterocycles. The third-order valence-electron chi connectivity index (χ3n) is 4.62. The number of fused-ring (bicyclic) bond motifs is 1. The molecule has 0 amide bonds. The molecule has 7 heteroatoms. The third kappa shape index (κ3) is 3.44. The van der Waals surface area contributed by atoms with Gasteiger partial charge in [-0.25, -0.2) is 0 Å². The molecule has 0 saturated carbocycles. The number of ether oxygens (including phenoxy) is 4. The topological polar surface area (TPSA) is 85.3 Å². The van der Waals surface area contributed by atoms with Crippen LogP contribution in [0, 0.1) is 0 Å². The van der Waals surface area contributed by atoms with Crippen LogP contribution >= 0.6 is 0 Å². The van der Waals surface area contributed by atoms with Crippen molar-refractivity contribution < 1.29 is 24.1 Å². The molecule has 2 aliphatic rings. The number of benzene rings is 1. The van der Waals surface area contributed by atoms with Crippen LogP contribution in [0.15, 0.2) is 59.7 Å². The van der Waals surface area contributed by atoms with Crippen molar-refractivity contribution >= 4 is 0 Å². The molecule has 0 aliphatic carbocycles. The number of aromatic amines is 1. The normalized spacial score (nSPS) is 35.1. The fourth-order valence-electron chi connectivity index (χ4n) is 3.31. The van der Waals surface area contributed by atoms with E-state index in [0.717, 1.165) is 5.56 Å². The van der Waals surface area contributed by atoms with Crippen molar-refractivity contribution in [2.45, 2.75) is 36.9 Å². The molecule has 7 nitrogen and oxygen atoms in total. The summed E-state index contributed by atoms with van der Waals surface area (Å²) < 4.78 is 23.1. The van der Waals surface area contributed by atoms with Crippen molar-refractivity contribution in [2.24, 2.45) is 4.99 Å². The van der Waals surface area contributed by atoms with Gasteiger partial charge in [0, 0.05) is 18.9 Å². The van der Waals surface area contributed by atoms with Gasteiger partial charge in [-0.15, -0.1) is 0 Å². The highest BCUT2D eigenvalue weighted by atomic mass is 16.7. The Bertz CT molecular complexity index is 763. The molecule has 4 rings (SSSR count). The number of nitrogens with zero attached hydrogens (tertiary/aromatic N) is 1. The lowest BCUT2D eigenvalue weighted by atomic mass is 9.96. The molecule has 2 N–H and O–H groups in total. The molecular weight excluding hydrogens is 336 g/mol.